The fourth-order valence-electron chi connectivity index (χ4n) is 3.09. The van der Waals surface area contributed by atoms with Crippen LogP contribution in [0, 0.1) is 0 Å². The Morgan fingerprint density at radius 1 is 1.29 bits per heavy atom. The molecule has 0 radical (unpaired) electrons. The van der Waals surface area contributed by atoms with Gasteiger partial charge in [0.1, 0.15) is 11.8 Å². The first-order chi connectivity index (χ1) is 10.1. The second kappa shape index (κ2) is 5.37. The summed E-state index contributed by atoms with van der Waals surface area (Å²) >= 11 is 0. The van der Waals surface area contributed by atoms with E-state index in [1.165, 1.54) is 4.90 Å². The molecule has 0 aliphatic carbocycles. The Hall–Kier alpha value is -2.08. The highest BCUT2D eigenvalue weighted by molar-refractivity contribution is 5.89. The molecule has 1 fully saturated rings. The van der Waals surface area contributed by atoms with E-state index in [1.54, 1.807) is 0 Å². The van der Waals surface area contributed by atoms with Gasteiger partial charge in [-0.05, 0) is 12.5 Å². The molecule has 0 saturated carbocycles. The number of benzene rings is 1. The van der Waals surface area contributed by atoms with Crippen molar-refractivity contribution in [2.24, 2.45) is 0 Å². The molecule has 1 amide bonds. The van der Waals surface area contributed by atoms with Gasteiger partial charge in [0.25, 0.3) is 0 Å². The summed E-state index contributed by atoms with van der Waals surface area (Å²) < 4.78 is 5.53. The van der Waals surface area contributed by atoms with Crippen LogP contribution in [0.1, 0.15) is 24.3 Å². The van der Waals surface area contributed by atoms with Crippen molar-refractivity contribution in [3.05, 3.63) is 29.8 Å². The number of hydrogen-bond acceptors (Lipinski definition) is 4. The number of ether oxygens (including phenoxy) is 1. The molecule has 0 bridgehead atoms. The molecule has 0 spiro atoms. The first-order valence-corrected chi connectivity index (χ1v) is 7.01. The topological polar surface area (TPSA) is 87.1 Å². The van der Waals surface area contributed by atoms with E-state index in [4.69, 9.17) is 4.74 Å². The highest BCUT2D eigenvalue weighted by atomic mass is 16.5. The lowest BCUT2D eigenvalue weighted by molar-refractivity contribution is -0.149. The van der Waals surface area contributed by atoms with E-state index in [0.29, 0.717) is 18.8 Å². The van der Waals surface area contributed by atoms with Gasteiger partial charge in [-0.15, -0.1) is 0 Å². The third-order valence-electron chi connectivity index (χ3n) is 4.10. The summed E-state index contributed by atoms with van der Waals surface area (Å²) in [5, 5.41) is 18.9. The number of aliphatic hydroxyl groups excluding tert-OH is 1. The second-order valence-electron chi connectivity index (χ2n) is 5.46. The van der Waals surface area contributed by atoms with E-state index in [2.05, 4.69) is 0 Å². The Morgan fingerprint density at radius 3 is 2.81 bits per heavy atom. The molecule has 3 atom stereocenters. The molecular weight excluding hydrogens is 274 g/mol. The lowest BCUT2D eigenvalue weighted by Gasteiger charge is -2.30. The minimum absolute atomic E-state index is 0.0787. The molecular formula is C15H17NO5. The molecule has 112 valence electrons. The number of amides is 1. The van der Waals surface area contributed by atoms with Gasteiger partial charge in [0.05, 0.1) is 18.6 Å². The quantitative estimate of drug-likeness (QED) is 0.833. The summed E-state index contributed by atoms with van der Waals surface area (Å²) in [5.74, 6) is -1.04. The summed E-state index contributed by atoms with van der Waals surface area (Å²) in [6, 6.07) is 6.37. The predicted octanol–water partition coefficient (Wildman–Crippen LogP) is 0.599. The summed E-state index contributed by atoms with van der Waals surface area (Å²) in [4.78, 5) is 25.3. The Bertz CT molecular complexity index is 573. The molecule has 1 aromatic carbocycles. The lowest BCUT2D eigenvalue weighted by atomic mass is 9.91. The van der Waals surface area contributed by atoms with Gasteiger partial charge in [0.2, 0.25) is 5.91 Å². The van der Waals surface area contributed by atoms with Gasteiger partial charge < -0.3 is 19.8 Å². The van der Waals surface area contributed by atoms with Gasteiger partial charge in [-0.2, -0.15) is 0 Å². The average Bonchev–Trinajstić information content (AvgIpc) is 2.88. The first kappa shape index (κ1) is 13.9. The summed E-state index contributed by atoms with van der Waals surface area (Å²) in [7, 11) is 0. The fourth-order valence-corrected chi connectivity index (χ4v) is 3.09. The van der Waals surface area contributed by atoms with Crippen molar-refractivity contribution >= 4 is 11.9 Å². The number of carboxylic acid groups (broad SMARTS) is 1. The maximum absolute atomic E-state index is 12.7. The zero-order valence-electron chi connectivity index (χ0n) is 11.4. The van der Waals surface area contributed by atoms with Gasteiger partial charge in [-0.25, -0.2) is 4.79 Å². The van der Waals surface area contributed by atoms with Crippen LogP contribution in [0.3, 0.4) is 0 Å². The van der Waals surface area contributed by atoms with Crippen molar-refractivity contribution in [1.29, 1.82) is 0 Å². The first-order valence-electron chi connectivity index (χ1n) is 7.01. The number of β-amino-alcohol motifs (C(OH)–C–C–N with tert-alkyl or cyclic N) is 1. The van der Waals surface area contributed by atoms with E-state index in [0.717, 1.165) is 5.56 Å². The van der Waals surface area contributed by atoms with Crippen LogP contribution in [-0.4, -0.2) is 52.3 Å². The molecule has 21 heavy (non-hydrogen) atoms. The van der Waals surface area contributed by atoms with E-state index < -0.39 is 24.0 Å². The number of para-hydroxylation sites is 1. The minimum Gasteiger partial charge on any atom is -0.493 e. The molecule has 1 saturated heterocycles. The number of aliphatic hydroxyl groups is 1. The minimum atomic E-state index is -1.07. The molecule has 2 aliphatic heterocycles. The van der Waals surface area contributed by atoms with Crippen LogP contribution in [0.2, 0.25) is 0 Å². The van der Waals surface area contributed by atoms with Crippen LogP contribution < -0.4 is 4.74 Å². The van der Waals surface area contributed by atoms with Gasteiger partial charge >= 0.3 is 5.97 Å². The van der Waals surface area contributed by atoms with Crippen molar-refractivity contribution in [3.8, 4) is 5.75 Å². The van der Waals surface area contributed by atoms with Gasteiger partial charge in [-0.1, -0.05) is 18.2 Å². The largest absolute Gasteiger partial charge is 0.493 e. The van der Waals surface area contributed by atoms with Crippen LogP contribution >= 0.6 is 0 Å². The average molecular weight is 291 g/mol. The number of aliphatic carboxylic acids is 1. The highest BCUT2D eigenvalue weighted by Crippen LogP contribution is 2.36. The smallest absolute Gasteiger partial charge is 0.326 e. The number of rotatable bonds is 2. The number of carbonyl (C=O) groups is 2. The molecule has 1 aromatic rings. The molecule has 2 heterocycles. The van der Waals surface area contributed by atoms with Gasteiger partial charge in [0, 0.05) is 18.5 Å². The van der Waals surface area contributed by atoms with Crippen molar-refractivity contribution < 1.29 is 24.5 Å². The van der Waals surface area contributed by atoms with Crippen LogP contribution in [0.4, 0.5) is 0 Å². The molecule has 2 aliphatic rings. The Morgan fingerprint density at radius 2 is 2.05 bits per heavy atom. The number of likely N-dealkylation sites (tertiary alicyclic amines) is 1. The number of fused-ring (bicyclic) bond motifs is 1. The molecule has 6 nitrogen and oxygen atoms in total. The van der Waals surface area contributed by atoms with E-state index in [-0.39, 0.29) is 18.9 Å². The third kappa shape index (κ3) is 2.47. The van der Waals surface area contributed by atoms with E-state index >= 15 is 0 Å². The van der Waals surface area contributed by atoms with E-state index in [1.807, 2.05) is 24.3 Å². The van der Waals surface area contributed by atoms with Crippen molar-refractivity contribution in [2.45, 2.75) is 30.9 Å². The number of hydrogen-bond donors (Lipinski definition) is 2. The molecule has 6 heteroatoms. The maximum Gasteiger partial charge on any atom is 0.326 e. The molecule has 0 aromatic heterocycles. The number of nitrogens with zero attached hydrogens (tertiary/aromatic N) is 1. The van der Waals surface area contributed by atoms with Crippen molar-refractivity contribution in [1.82, 2.24) is 4.90 Å². The second-order valence-corrected chi connectivity index (χ2v) is 5.46. The highest BCUT2D eigenvalue weighted by Gasteiger charge is 2.42. The van der Waals surface area contributed by atoms with Crippen molar-refractivity contribution in [3.63, 3.8) is 0 Å². The van der Waals surface area contributed by atoms with Crippen LogP contribution in [0.25, 0.3) is 0 Å². The maximum atomic E-state index is 12.7. The van der Waals surface area contributed by atoms with Crippen LogP contribution in [-0.2, 0) is 9.59 Å². The Labute approximate surface area is 121 Å². The van der Waals surface area contributed by atoms with Gasteiger partial charge in [0.15, 0.2) is 0 Å². The monoisotopic (exact) mass is 291 g/mol. The van der Waals surface area contributed by atoms with Crippen LogP contribution in [0.5, 0.6) is 5.75 Å². The van der Waals surface area contributed by atoms with Gasteiger partial charge in [-0.3, -0.25) is 4.79 Å². The molecule has 2 N–H and O–H groups in total. The summed E-state index contributed by atoms with van der Waals surface area (Å²) in [5.41, 5.74) is 0.791. The molecule has 1 unspecified atom stereocenters. The Kier molecular flexibility index (Phi) is 3.55. The summed E-state index contributed by atoms with van der Waals surface area (Å²) in [6.45, 7) is 0.511. The lowest BCUT2D eigenvalue weighted by Crippen LogP contribution is -2.43. The van der Waals surface area contributed by atoms with E-state index in [9.17, 15) is 19.8 Å². The zero-order valence-corrected chi connectivity index (χ0v) is 11.4. The standard InChI is InChI=1S/C15H17NO5/c17-9-7-12(15(19)20)16(8-9)14(18)11-5-6-21-13-4-2-1-3-10(11)13/h1-4,9,11-12,17H,5-8H2,(H,19,20)/t9-,11?,12+/m1/s1. The normalized spacial score (nSPS) is 27.9. The predicted molar refractivity (Wildman–Crippen MR) is 73.1 cm³/mol. The number of carbonyl (C=O) groups excluding carboxylic acids is 1. The fraction of sp³-hybridized carbons (Fsp3) is 0.467. The Balaban J connectivity index is 1.87. The number of carboxylic acids is 1. The SMILES string of the molecule is O=C(O)[C@@H]1C[C@@H](O)CN1C(=O)C1CCOc2ccccc21. The molecule has 3 rings (SSSR count). The summed E-state index contributed by atoms with van der Waals surface area (Å²) in [6.07, 6.45) is -0.161. The van der Waals surface area contributed by atoms with Crippen molar-refractivity contribution in [2.75, 3.05) is 13.2 Å². The third-order valence-corrected chi connectivity index (χ3v) is 4.10. The zero-order chi connectivity index (χ0) is 15.0. The van der Waals surface area contributed by atoms with Crippen LogP contribution in [0.15, 0.2) is 24.3 Å².